The fourth-order valence-electron chi connectivity index (χ4n) is 2.19. The molecule has 0 aliphatic carbocycles. The maximum atomic E-state index is 5.32. The molecular formula is C17H32N4OS. The van der Waals surface area contributed by atoms with Crippen LogP contribution in [-0.2, 0) is 11.3 Å². The van der Waals surface area contributed by atoms with E-state index in [1.54, 1.807) is 18.4 Å². The molecule has 132 valence electrons. The first-order chi connectivity index (χ1) is 11.1. The van der Waals surface area contributed by atoms with Crippen LogP contribution in [-0.4, -0.2) is 43.1 Å². The molecule has 1 unspecified atom stereocenters. The minimum Gasteiger partial charge on any atom is -0.375 e. The van der Waals surface area contributed by atoms with Crippen LogP contribution in [0.3, 0.4) is 0 Å². The van der Waals surface area contributed by atoms with Crippen LogP contribution < -0.4 is 5.32 Å². The summed E-state index contributed by atoms with van der Waals surface area (Å²) in [5.41, 5.74) is 1.06. The topological polar surface area (TPSA) is 49.8 Å². The summed E-state index contributed by atoms with van der Waals surface area (Å²) in [6.45, 7) is 8.87. The van der Waals surface area contributed by atoms with Gasteiger partial charge in [-0.1, -0.05) is 26.2 Å². The monoisotopic (exact) mass is 340 g/mol. The van der Waals surface area contributed by atoms with Gasteiger partial charge < -0.3 is 15.0 Å². The Bertz CT molecular complexity index is 461. The van der Waals surface area contributed by atoms with Gasteiger partial charge in [-0.05, 0) is 20.3 Å². The summed E-state index contributed by atoms with van der Waals surface area (Å²) in [5, 5.41) is 6.49. The van der Waals surface area contributed by atoms with Gasteiger partial charge in [0.25, 0.3) is 0 Å². The maximum absolute atomic E-state index is 5.32. The molecule has 0 aliphatic heterocycles. The standard InChI is InChI=1S/C17H32N4OS/c1-6-8-9-10-11-19-17(18-7-2)21(4)12-15-13-23-16(20-15)14(3)22-5/h13-14H,6-12H2,1-5H3,(H,18,19). The first kappa shape index (κ1) is 19.9. The molecule has 23 heavy (non-hydrogen) atoms. The molecule has 0 spiro atoms. The number of guanidine groups is 1. The Labute approximate surface area is 145 Å². The number of nitrogens with one attached hydrogen (secondary N) is 1. The summed E-state index contributed by atoms with van der Waals surface area (Å²) in [4.78, 5) is 11.5. The number of methoxy groups -OCH3 is 1. The fourth-order valence-corrected chi connectivity index (χ4v) is 3.04. The third-order valence-corrected chi connectivity index (χ3v) is 4.69. The van der Waals surface area contributed by atoms with E-state index in [-0.39, 0.29) is 6.10 Å². The molecule has 0 saturated heterocycles. The van der Waals surface area contributed by atoms with Gasteiger partial charge in [-0.2, -0.15) is 0 Å². The smallest absolute Gasteiger partial charge is 0.194 e. The average Bonchev–Trinajstić information content (AvgIpc) is 3.01. The van der Waals surface area contributed by atoms with Crippen LogP contribution in [0.15, 0.2) is 10.4 Å². The third kappa shape index (κ3) is 7.31. The predicted molar refractivity (Wildman–Crippen MR) is 99.1 cm³/mol. The molecule has 6 heteroatoms. The van der Waals surface area contributed by atoms with Crippen molar-refractivity contribution in [2.45, 2.75) is 59.1 Å². The SMILES string of the molecule is CCCCCCN=C(NCC)N(C)Cc1csc(C(C)OC)n1. The summed E-state index contributed by atoms with van der Waals surface area (Å²) in [5.74, 6) is 0.957. The van der Waals surface area contributed by atoms with Crippen molar-refractivity contribution in [1.82, 2.24) is 15.2 Å². The molecule has 1 heterocycles. The molecule has 1 aromatic rings. The van der Waals surface area contributed by atoms with Gasteiger partial charge in [0.15, 0.2) is 5.96 Å². The van der Waals surface area contributed by atoms with Crippen molar-refractivity contribution in [2.75, 3.05) is 27.2 Å². The van der Waals surface area contributed by atoms with Gasteiger partial charge in [-0.25, -0.2) is 4.98 Å². The van der Waals surface area contributed by atoms with Gasteiger partial charge in [-0.3, -0.25) is 4.99 Å². The Kier molecular flexibility index (Phi) is 9.87. The summed E-state index contributed by atoms with van der Waals surface area (Å²) < 4.78 is 5.32. The normalized spacial score (nSPS) is 13.2. The maximum Gasteiger partial charge on any atom is 0.194 e. The molecule has 0 saturated carbocycles. The molecule has 0 bridgehead atoms. The lowest BCUT2D eigenvalue weighted by molar-refractivity contribution is 0.119. The first-order valence-electron chi connectivity index (χ1n) is 8.58. The average molecular weight is 341 g/mol. The predicted octanol–water partition coefficient (Wildman–Crippen LogP) is 3.83. The lowest BCUT2D eigenvalue weighted by Gasteiger charge is -2.21. The quantitative estimate of drug-likeness (QED) is 0.399. The second kappa shape index (κ2) is 11.4. The van der Waals surface area contributed by atoms with E-state index in [0.29, 0.717) is 0 Å². The van der Waals surface area contributed by atoms with Crippen molar-refractivity contribution in [3.8, 4) is 0 Å². The van der Waals surface area contributed by atoms with E-state index in [1.165, 1.54) is 19.3 Å². The highest BCUT2D eigenvalue weighted by Gasteiger charge is 2.12. The van der Waals surface area contributed by atoms with Crippen molar-refractivity contribution < 1.29 is 4.74 Å². The molecule has 1 rings (SSSR count). The molecule has 5 nitrogen and oxygen atoms in total. The Morgan fingerprint density at radius 3 is 2.83 bits per heavy atom. The van der Waals surface area contributed by atoms with Crippen LogP contribution in [0.1, 0.15) is 63.3 Å². The Morgan fingerprint density at radius 1 is 1.39 bits per heavy atom. The molecule has 0 fully saturated rings. The molecule has 0 aromatic carbocycles. The van der Waals surface area contributed by atoms with Crippen LogP contribution in [0.2, 0.25) is 0 Å². The van der Waals surface area contributed by atoms with Crippen molar-refractivity contribution in [3.63, 3.8) is 0 Å². The van der Waals surface area contributed by atoms with E-state index in [0.717, 1.165) is 42.7 Å². The van der Waals surface area contributed by atoms with E-state index in [4.69, 9.17) is 9.73 Å². The van der Waals surface area contributed by atoms with Crippen molar-refractivity contribution in [2.24, 2.45) is 4.99 Å². The molecule has 1 atom stereocenters. The fraction of sp³-hybridized carbons (Fsp3) is 0.765. The van der Waals surface area contributed by atoms with Crippen LogP contribution in [0.5, 0.6) is 0 Å². The molecule has 1 aromatic heterocycles. The van der Waals surface area contributed by atoms with Crippen LogP contribution in [0.25, 0.3) is 0 Å². The lowest BCUT2D eigenvalue weighted by Crippen LogP contribution is -2.38. The minimum absolute atomic E-state index is 0.0551. The second-order valence-electron chi connectivity index (χ2n) is 5.71. The number of aliphatic imine (C=N–C) groups is 1. The Hall–Kier alpha value is -1.14. The van der Waals surface area contributed by atoms with E-state index in [2.05, 4.69) is 41.5 Å². The Morgan fingerprint density at radius 2 is 2.17 bits per heavy atom. The van der Waals surface area contributed by atoms with E-state index < -0.39 is 0 Å². The number of ether oxygens (including phenoxy) is 1. The van der Waals surface area contributed by atoms with Crippen LogP contribution in [0.4, 0.5) is 0 Å². The highest BCUT2D eigenvalue weighted by atomic mass is 32.1. The second-order valence-corrected chi connectivity index (χ2v) is 6.60. The largest absolute Gasteiger partial charge is 0.375 e. The van der Waals surface area contributed by atoms with Gasteiger partial charge in [0.2, 0.25) is 0 Å². The number of rotatable bonds is 10. The first-order valence-corrected chi connectivity index (χ1v) is 9.46. The molecule has 0 aliphatic rings. The van der Waals surface area contributed by atoms with Crippen molar-refractivity contribution in [1.29, 1.82) is 0 Å². The number of unbranched alkanes of at least 4 members (excludes halogenated alkanes) is 3. The zero-order valence-corrected chi connectivity index (χ0v) is 16.1. The van der Waals surface area contributed by atoms with Crippen molar-refractivity contribution in [3.05, 3.63) is 16.1 Å². The number of nitrogens with zero attached hydrogens (tertiary/aromatic N) is 3. The molecule has 0 amide bonds. The molecular weight excluding hydrogens is 308 g/mol. The van der Waals surface area contributed by atoms with Crippen LogP contribution in [0, 0.1) is 0 Å². The summed E-state index contributed by atoms with van der Waals surface area (Å²) in [6.07, 6.45) is 5.02. The summed E-state index contributed by atoms with van der Waals surface area (Å²) >= 11 is 1.65. The zero-order chi connectivity index (χ0) is 17.1. The van der Waals surface area contributed by atoms with Gasteiger partial charge >= 0.3 is 0 Å². The Balaban J connectivity index is 2.57. The van der Waals surface area contributed by atoms with Gasteiger partial charge in [0.1, 0.15) is 11.1 Å². The molecule has 0 radical (unpaired) electrons. The summed E-state index contributed by atoms with van der Waals surface area (Å²) in [6, 6.07) is 0. The highest BCUT2D eigenvalue weighted by Crippen LogP contribution is 2.20. The number of thiazole rings is 1. The van der Waals surface area contributed by atoms with Crippen molar-refractivity contribution >= 4 is 17.3 Å². The van der Waals surface area contributed by atoms with E-state index in [1.807, 2.05) is 6.92 Å². The zero-order valence-electron chi connectivity index (χ0n) is 15.3. The lowest BCUT2D eigenvalue weighted by atomic mass is 10.2. The number of aromatic nitrogens is 1. The highest BCUT2D eigenvalue weighted by molar-refractivity contribution is 7.09. The van der Waals surface area contributed by atoms with Gasteiger partial charge in [0.05, 0.1) is 12.2 Å². The van der Waals surface area contributed by atoms with Gasteiger partial charge in [0, 0.05) is 32.6 Å². The summed E-state index contributed by atoms with van der Waals surface area (Å²) in [7, 11) is 3.78. The third-order valence-electron chi connectivity index (χ3n) is 3.64. The van der Waals surface area contributed by atoms with E-state index in [9.17, 15) is 0 Å². The number of hydrogen-bond acceptors (Lipinski definition) is 4. The minimum atomic E-state index is 0.0551. The van der Waals surface area contributed by atoms with E-state index >= 15 is 0 Å². The number of hydrogen-bond donors (Lipinski definition) is 1. The van der Waals surface area contributed by atoms with Gasteiger partial charge in [-0.15, -0.1) is 11.3 Å². The van der Waals surface area contributed by atoms with Crippen LogP contribution >= 0.6 is 11.3 Å². The molecule has 1 N–H and O–H groups in total.